The van der Waals surface area contributed by atoms with Gasteiger partial charge in [-0.05, 0) is 18.8 Å². The molecule has 1 fully saturated rings. The summed E-state index contributed by atoms with van der Waals surface area (Å²) >= 11 is 0. The van der Waals surface area contributed by atoms with Crippen LogP contribution < -0.4 is 10.6 Å². The molecule has 0 atom stereocenters. The summed E-state index contributed by atoms with van der Waals surface area (Å²) in [6.07, 6.45) is 8.28. The Balaban J connectivity index is 2.01. The molecule has 0 aromatic heterocycles. The van der Waals surface area contributed by atoms with Crippen LogP contribution in [0, 0.1) is 5.92 Å². The minimum absolute atomic E-state index is 0.462. The molecule has 0 unspecified atom stereocenters. The predicted molar refractivity (Wildman–Crippen MR) is 92.5 cm³/mol. The molecule has 0 aromatic carbocycles. The standard InChI is InChI=1S/C17H35N3O2/c1-15(2)14-21-12-10-19-17(18-3)20-11-13-22-16-8-6-4-5-7-9-16/h15-16H,4-14H2,1-3H3,(H2,18,19,20). The first kappa shape index (κ1) is 19.2. The smallest absolute Gasteiger partial charge is 0.191 e. The number of nitrogens with zero attached hydrogens (tertiary/aromatic N) is 1. The first-order valence-corrected chi connectivity index (χ1v) is 8.86. The van der Waals surface area contributed by atoms with E-state index >= 15 is 0 Å². The summed E-state index contributed by atoms with van der Waals surface area (Å²) in [5.41, 5.74) is 0. The second-order valence-corrected chi connectivity index (χ2v) is 6.38. The topological polar surface area (TPSA) is 54.9 Å². The van der Waals surface area contributed by atoms with E-state index in [0.717, 1.165) is 32.3 Å². The van der Waals surface area contributed by atoms with Crippen LogP contribution in [-0.2, 0) is 9.47 Å². The number of guanidine groups is 1. The summed E-state index contributed by atoms with van der Waals surface area (Å²) in [7, 11) is 1.79. The molecule has 0 aliphatic heterocycles. The Morgan fingerprint density at radius 1 is 1.05 bits per heavy atom. The molecule has 5 heteroatoms. The normalized spacial score (nSPS) is 17.5. The van der Waals surface area contributed by atoms with Crippen LogP contribution in [0.5, 0.6) is 0 Å². The van der Waals surface area contributed by atoms with Gasteiger partial charge in [-0.15, -0.1) is 0 Å². The number of ether oxygens (including phenoxy) is 2. The zero-order valence-electron chi connectivity index (χ0n) is 14.7. The van der Waals surface area contributed by atoms with Gasteiger partial charge in [-0.3, -0.25) is 4.99 Å². The first-order valence-electron chi connectivity index (χ1n) is 8.86. The van der Waals surface area contributed by atoms with Crippen molar-refractivity contribution in [3.05, 3.63) is 0 Å². The summed E-state index contributed by atoms with van der Waals surface area (Å²) in [6, 6.07) is 0. The molecule has 1 saturated carbocycles. The van der Waals surface area contributed by atoms with Crippen LogP contribution in [0.3, 0.4) is 0 Å². The van der Waals surface area contributed by atoms with Crippen molar-refractivity contribution in [2.45, 2.75) is 58.5 Å². The van der Waals surface area contributed by atoms with E-state index in [0.29, 0.717) is 18.6 Å². The lowest BCUT2D eigenvalue weighted by molar-refractivity contribution is 0.0468. The Morgan fingerprint density at radius 3 is 2.27 bits per heavy atom. The second-order valence-electron chi connectivity index (χ2n) is 6.38. The fourth-order valence-corrected chi connectivity index (χ4v) is 2.58. The largest absolute Gasteiger partial charge is 0.379 e. The van der Waals surface area contributed by atoms with E-state index in [-0.39, 0.29) is 0 Å². The molecule has 1 aliphatic rings. The lowest BCUT2D eigenvalue weighted by Gasteiger charge is -2.17. The molecule has 0 bridgehead atoms. The van der Waals surface area contributed by atoms with Crippen LogP contribution in [-0.4, -0.2) is 52.0 Å². The quantitative estimate of drug-likeness (QED) is 0.297. The molecule has 0 radical (unpaired) electrons. The Bertz CT molecular complexity index is 288. The van der Waals surface area contributed by atoms with Gasteiger partial charge in [-0.25, -0.2) is 0 Å². The monoisotopic (exact) mass is 313 g/mol. The fraction of sp³-hybridized carbons (Fsp3) is 0.941. The molecule has 1 rings (SSSR count). The van der Waals surface area contributed by atoms with Gasteiger partial charge >= 0.3 is 0 Å². The van der Waals surface area contributed by atoms with Crippen molar-refractivity contribution in [1.29, 1.82) is 0 Å². The summed E-state index contributed by atoms with van der Waals surface area (Å²) in [5.74, 6) is 1.40. The van der Waals surface area contributed by atoms with E-state index in [1.54, 1.807) is 7.05 Å². The maximum Gasteiger partial charge on any atom is 0.191 e. The number of nitrogens with one attached hydrogen (secondary N) is 2. The van der Waals surface area contributed by atoms with E-state index in [9.17, 15) is 0 Å². The van der Waals surface area contributed by atoms with Gasteiger partial charge in [0.15, 0.2) is 5.96 Å². The Morgan fingerprint density at radius 2 is 1.68 bits per heavy atom. The summed E-state index contributed by atoms with van der Waals surface area (Å²) in [5, 5.41) is 6.53. The second kappa shape index (κ2) is 12.7. The first-order chi connectivity index (χ1) is 10.7. The lowest BCUT2D eigenvalue weighted by Crippen LogP contribution is -2.40. The lowest BCUT2D eigenvalue weighted by atomic mass is 10.1. The number of aliphatic imine (C=N–C) groups is 1. The maximum absolute atomic E-state index is 5.96. The van der Waals surface area contributed by atoms with E-state index in [2.05, 4.69) is 29.5 Å². The molecule has 0 amide bonds. The van der Waals surface area contributed by atoms with E-state index in [4.69, 9.17) is 9.47 Å². The third-order valence-corrected chi connectivity index (χ3v) is 3.76. The van der Waals surface area contributed by atoms with Crippen LogP contribution in [0.15, 0.2) is 4.99 Å². The van der Waals surface area contributed by atoms with E-state index < -0.39 is 0 Å². The van der Waals surface area contributed by atoms with Gasteiger partial charge in [0, 0.05) is 26.7 Å². The van der Waals surface area contributed by atoms with Crippen molar-refractivity contribution >= 4 is 5.96 Å². The van der Waals surface area contributed by atoms with Gasteiger partial charge in [0.05, 0.1) is 19.3 Å². The van der Waals surface area contributed by atoms with Gasteiger partial charge in [0.2, 0.25) is 0 Å². The van der Waals surface area contributed by atoms with Gasteiger partial charge in [-0.2, -0.15) is 0 Å². The van der Waals surface area contributed by atoms with Crippen molar-refractivity contribution in [1.82, 2.24) is 10.6 Å². The molecule has 22 heavy (non-hydrogen) atoms. The molecule has 0 saturated heterocycles. The molecular formula is C17H35N3O2. The molecule has 0 heterocycles. The predicted octanol–water partition coefficient (Wildman–Crippen LogP) is 2.56. The Kier molecular flexibility index (Phi) is 11.1. The third-order valence-electron chi connectivity index (χ3n) is 3.76. The summed E-state index contributed by atoms with van der Waals surface area (Å²) in [4.78, 5) is 4.20. The van der Waals surface area contributed by atoms with Crippen LogP contribution in [0.1, 0.15) is 52.4 Å². The SMILES string of the molecule is CN=C(NCCOCC(C)C)NCCOC1CCCCCC1. The zero-order chi connectivity index (χ0) is 16.0. The minimum Gasteiger partial charge on any atom is -0.379 e. The molecule has 0 spiro atoms. The summed E-state index contributed by atoms with van der Waals surface area (Å²) < 4.78 is 11.5. The molecule has 2 N–H and O–H groups in total. The zero-order valence-corrected chi connectivity index (χ0v) is 14.7. The van der Waals surface area contributed by atoms with Crippen molar-refractivity contribution in [3.63, 3.8) is 0 Å². The molecule has 5 nitrogen and oxygen atoms in total. The number of hydrogen-bond acceptors (Lipinski definition) is 3. The number of rotatable bonds is 9. The highest BCUT2D eigenvalue weighted by Crippen LogP contribution is 2.19. The highest BCUT2D eigenvalue weighted by atomic mass is 16.5. The van der Waals surface area contributed by atoms with Crippen molar-refractivity contribution < 1.29 is 9.47 Å². The van der Waals surface area contributed by atoms with E-state index in [1.165, 1.54) is 38.5 Å². The molecule has 130 valence electrons. The third kappa shape index (κ3) is 10.0. The van der Waals surface area contributed by atoms with Gasteiger partial charge in [0.1, 0.15) is 0 Å². The number of hydrogen-bond donors (Lipinski definition) is 2. The van der Waals surface area contributed by atoms with Crippen LogP contribution in [0.2, 0.25) is 0 Å². The average Bonchev–Trinajstić information content (AvgIpc) is 2.77. The van der Waals surface area contributed by atoms with Gasteiger partial charge < -0.3 is 20.1 Å². The Hall–Kier alpha value is -0.810. The fourth-order valence-electron chi connectivity index (χ4n) is 2.58. The summed E-state index contributed by atoms with van der Waals surface area (Å²) in [6.45, 7) is 8.14. The Labute approximate surface area is 136 Å². The average molecular weight is 313 g/mol. The highest BCUT2D eigenvalue weighted by Gasteiger charge is 2.11. The molecule has 0 aromatic rings. The highest BCUT2D eigenvalue weighted by molar-refractivity contribution is 5.79. The van der Waals surface area contributed by atoms with Gasteiger partial charge in [-0.1, -0.05) is 39.5 Å². The van der Waals surface area contributed by atoms with Crippen LogP contribution >= 0.6 is 0 Å². The molecular weight excluding hydrogens is 278 g/mol. The maximum atomic E-state index is 5.96. The molecule has 1 aliphatic carbocycles. The minimum atomic E-state index is 0.462. The van der Waals surface area contributed by atoms with Gasteiger partial charge in [0.25, 0.3) is 0 Å². The van der Waals surface area contributed by atoms with Crippen LogP contribution in [0.25, 0.3) is 0 Å². The van der Waals surface area contributed by atoms with Crippen molar-refractivity contribution in [3.8, 4) is 0 Å². The van der Waals surface area contributed by atoms with Crippen molar-refractivity contribution in [2.24, 2.45) is 10.9 Å². The van der Waals surface area contributed by atoms with Crippen molar-refractivity contribution in [2.75, 3.05) is 40.0 Å². The van der Waals surface area contributed by atoms with E-state index in [1.807, 2.05) is 0 Å². The van der Waals surface area contributed by atoms with Crippen LogP contribution in [0.4, 0.5) is 0 Å².